The van der Waals surface area contributed by atoms with Gasteiger partial charge in [-0.3, -0.25) is 0 Å². The number of methoxy groups -OCH3 is 1. The van der Waals surface area contributed by atoms with Crippen LogP contribution in [0, 0.1) is 0 Å². The van der Waals surface area contributed by atoms with Gasteiger partial charge in [0.2, 0.25) is 0 Å². The highest BCUT2D eigenvalue weighted by molar-refractivity contribution is 5.90. The van der Waals surface area contributed by atoms with Crippen LogP contribution in [-0.4, -0.2) is 43.3 Å². The molecule has 2 aromatic rings. The van der Waals surface area contributed by atoms with E-state index in [1.54, 1.807) is 12.1 Å². The molecular weight excluding hydrogens is 308 g/mol. The standard InChI is InChI=1S/C19H20O5/c1-22-18-11-16(20)17(24-18)12-23-19(21)15-9-7-14(8-10-15)13-5-3-2-4-6-13/h2-10,16-18,20H,11-12H2,1H3. The van der Waals surface area contributed by atoms with E-state index in [9.17, 15) is 9.90 Å². The highest BCUT2D eigenvalue weighted by atomic mass is 16.7. The first-order chi connectivity index (χ1) is 11.7. The summed E-state index contributed by atoms with van der Waals surface area (Å²) in [5.41, 5.74) is 2.58. The second kappa shape index (κ2) is 7.57. The number of rotatable bonds is 5. The molecule has 0 amide bonds. The maximum absolute atomic E-state index is 12.1. The monoisotopic (exact) mass is 328 g/mol. The summed E-state index contributed by atoms with van der Waals surface area (Å²) in [6, 6.07) is 17.2. The first kappa shape index (κ1) is 16.6. The summed E-state index contributed by atoms with van der Waals surface area (Å²) in [5, 5.41) is 9.84. The fourth-order valence-corrected chi connectivity index (χ4v) is 2.66. The molecule has 0 aliphatic carbocycles. The molecule has 0 aromatic heterocycles. The van der Waals surface area contributed by atoms with Gasteiger partial charge < -0.3 is 19.3 Å². The van der Waals surface area contributed by atoms with Crippen LogP contribution in [0.5, 0.6) is 0 Å². The molecule has 3 rings (SSSR count). The number of carbonyl (C=O) groups excluding carboxylic acids is 1. The molecule has 0 bridgehead atoms. The Labute approximate surface area is 140 Å². The summed E-state index contributed by atoms with van der Waals surface area (Å²) in [4.78, 5) is 12.1. The van der Waals surface area contributed by atoms with Gasteiger partial charge >= 0.3 is 5.97 Å². The Morgan fingerprint density at radius 3 is 2.42 bits per heavy atom. The molecule has 1 heterocycles. The van der Waals surface area contributed by atoms with Crippen molar-refractivity contribution in [3.05, 3.63) is 60.2 Å². The van der Waals surface area contributed by atoms with Crippen molar-refractivity contribution in [1.29, 1.82) is 0 Å². The molecule has 126 valence electrons. The Balaban J connectivity index is 1.58. The van der Waals surface area contributed by atoms with E-state index in [0.29, 0.717) is 12.0 Å². The molecule has 0 radical (unpaired) electrons. The van der Waals surface area contributed by atoms with Crippen LogP contribution in [-0.2, 0) is 14.2 Å². The Hall–Kier alpha value is -2.21. The van der Waals surface area contributed by atoms with Crippen molar-refractivity contribution in [1.82, 2.24) is 0 Å². The minimum Gasteiger partial charge on any atom is -0.459 e. The molecular formula is C19H20O5. The molecule has 0 saturated carbocycles. The number of hydrogen-bond donors (Lipinski definition) is 1. The lowest BCUT2D eigenvalue weighted by Gasteiger charge is -2.14. The van der Waals surface area contributed by atoms with Gasteiger partial charge in [0.25, 0.3) is 0 Å². The third-order valence-electron chi connectivity index (χ3n) is 4.06. The van der Waals surface area contributed by atoms with Crippen LogP contribution in [0.2, 0.25) is 0 Å². The summed E-state index contributed by atoms with van der Waals surface area (Å²) < 4.78 is 15.7. The molecule has 2 aromatic carbocycles. The molecule has 3 unspecified atom stereocenters. The Kier molecular flexibility index (Phi) is 5.25. The summed E-state index contributed by atoms with van der Waals surface area (Å²) in [6.07, 6.45) is -1.32. The van der Waals surface area contributed by atoms with Crippen molar-refractivity contribution >= 4 is 5.97 Å². The fourth-order valence-electron chi connectivity index (χ4n) is 2.66. The number of esters is 1. The van der Waals surface area contributed by atoms with Crippen LogP contribution < -0.4 is 0 Å². The van der Waals surface area contributed by atoms with Crippen LogP contribution in [0.25, 0.3) is 11.1 Å². The average Bonchev–Trinajstić information content (AvgIpc) is 3.00. The quantitative estimate of drug-likeness (QED) is 0.855. The highest BCUT2D eigenvalue weighted by Crippen LogP contribution is 2.22. The van der Waals surface area contributed by atoms with Gasteiger partial charge in [-0.15, -0.1) is 0 Å². The third-order valence-corrected chi connectivity index (χ3v) is 4.06. The van der Waals surface area contributed by atoms with Gasteiger partial charge in [0, 0.05) is 13.5 Å². The highest BCUT2D eigenvalue weighted by Gasteiger charge is 2.34. The second-order valence-corrected chi connectivity index (χ2v) is 5.68. The van der Waals surface area contributed by atoms with Crippen molar-refractivity contribution in [3.63, 3.8) is 0 Å². The van der Waals surface area contributed by atoms with Crippen LogP contribution in [0.15, 0.2) is 54.6 Å². The zero-order chi connectivity index (χ0) is 16.9. The van der Waals surface area contributed by atoms with Crippen molar-refractivity contribution in [2.75, 3.05) is 13.7 Å². The smallest absolute Gasteiger partial charge is 0.338 e. The van der Waals surface area contributed by atoms with E-state index in [1.807, 2.05) is 42.5 Å². The van der Waals surface area contributed by atoms with Gasteiger partial charge in [-0.25, -0.2) is 4.79 Å². The summed E-state index contributed by atoms with van der Waals surface area (Å²) >= 11 is 0. The van der Waals surface area contributed by atoms with Gasteiger partial charge in [0.1, 0.15) is 12.7 Å². The Bertz CT molecular complexity index is 668. The van der Waals surface area contributed by atoms with E-state index in [0.717, 1.165) is 11.1 Å². The number of aliphatic hydroxyl groups excluding tert-OH is 1. The van der Waals surface area contributed by atoms with Crippen molar-refractivity contribution in [2.45, 2.75) is 24.9 Å². The van der Waals surface area contributed by atoms with Gasteiger partial charge in [-0.1, -0.05) is 42.5 Å². The van der Waals surface area contributed by atoms with E-state index < -0.39 is 24.5 Å². The van der Waals surface area contributed by atoms with E-state index >= 15 is 0 Å². The molecule has 1 N–H and O–H groups in total. The Morgan fingerprint density at radius 1 is 1.12 bits per heavy atom. The number of ether oxygens (including phenoxy) is 3. The van der Waals surface area contributed by atoms with E-state index in [-0.39, 0.29) is 6.61 Å². The first-order valence-corrected chi connectivity index (χ1v) is 7.86. The van der Waals surface area contributed by atoms with Crippen molar-refractivity contribution < 1.29 is 24.1 Å². The van der Waals surface area contributed by atoms with Gasteiger partial charge in [0.15, 0.2) is 6.29 Å². The van der Waals surface area contributed by atoms with Gasteiger partial charge in [0.05, 0.1) is 11.7 Å². The summed E-state index contributed by atoms with van der Waals surface area (Å²) in [6.45, 7) is 0.000294. The van der Waals surface area contributed by atoms with Crippen LogP contribution in [0.4, 0.5) is 0 Å². The van der Waals surface area contributed by atoms with Crippen LogP contribution in [0.1, 0.15) is 16.8 Å². The number of aliphatic hydroxyl groups is 1. The summed E-state index contributed by atoms with van der Waals surface area (Å²) in [7, 11) is 1.51. The van der Waals surface area contributed by atoms with Crippen LogP contribution >= 0.6 is 0 Å². The molecule has 5 heteroatoms. The second-order valence-electron chi connectivity index (χ2n) is 5.68. The molecule has 1 aliphatic rings. The van der Waals surface area contributed by atoms with Gasteiger partial charge in [-0.05, 0) is 23.3 Å². The first-order valence-electron chi connectivity index (χ1n) is 7.86. The summed E-state index contributed by atoms with van der Waals surface area (Å²) in [5.74, 6) is -0.439. The topological polar surface area (TPSA) is 65.0 Å². The van der Waals surface area contributed by atoms with E-state index in [1.165, 1.54) is 7.11 Å². The van der Waals surface area contributed by atoms with Crippen molar-refractivity contribution in [2.24, 2.45) is 0 Å². The molecule has 1 aliphatic heterocycles. The van der Waals surface area contributed by atoms with E-state index in [2.05, 4.69) is 0 Å². The van der Waals surface area contributed by atoms with E-state index in [4.69, 9.17) is 14.2 Å². The maximum atomic E-state index is 12.1. The molecule has 5 nitrogen and oxygen atoms in total. The minimum atomic E-state index is -0.691. The molecule has 3 atom stereocenters. The lowest BCUT2D eigenvalue weighted by Crippen LogP contribution is -2.28. The average molecular weight is 328 g/mol. The minimum absolute atomic E-state index is 0.000294. The normalized spacial score (nSPS) is 23.2. The number of hydrogen-bond acceptors (Lipinski definition) is 5. The van der Waals surface area contributed by atoms with Crippen LogP contribution in [0.3, 0.4) is 0 Å². The molecule has 1 fully saturated rings. The number of carbonyl (C=O) groups is 1. The number of benzene rings is 2. The molecule has 1 saturated heterocycles. The Morgan fingerprint density at radius 2 is 1.79 bits per heavy atom. The third kappa shape index (κ3) is 3.82. The SMILES string of the molecule is COC1CC(O)C(COC(=O)c2ccc(-c3ccccc3)cc2)O1. The zero-order valence-corrected chi connectivity index (χ0v) is 13.4. The predicted octanol–water partition coefficient (Wildman–Crippen LogP) is 2.63. The van der Waals surface area contributed by atoms with Gasteiger partial charge in [-0.2, -0.15) is 0 Å². The molecule has 24 heavy (non-hydrogen) atoms. The lowest BCUT2D eigenvalue weighted by molar-refractivity contribution is -0.128. The molecule has 0 spiro atoms. The maximum Gasteiger partial charge on any atom is 0.338 e. The lowest BCUT2D eigenvalue weighted by atomic mass is 10.0. The predicted molar refractivity (Wildman–Crippen MR) is 88.5 cm³/mol. The largest absolute Gasteiger partial charge is 0.459 e. The van der Waals surface area contributed by atoms with Crippen molar-refractivity contribution in [3.8, 4) is 11.1 Å². The fraction of sp³-hybridized carbons (Fsp3) is 0.316. The zero-order valence-electron chi connectivity index (χ0n) is 13.4.